The second-order valence-corrected chi connectivity index (χ2v) is 44.5. The molecular formula is C92H123F4N7O7Si2. The lowest BCUT2D eigenvalue weighted by Crippen LogP contribution is -2.43. The van der Waals surface area contributed by atoms with E-state index < -0.39 is 28.7 Å². The number of aromatic carboxylic acids is 1. The van der Waals surface area contributed by atoms with E-state index in [9.17, 15) is 32.7 Å². The van der Waals surface area contributed by atoms with E-state index in [1.807, 2.05) is 106 Å². The molecule has 3 heterocycles. The number of hydrogen-bond acceptors (Lipinski definition) is 9. The summed E-state index contributed by atoms with van der Waals surface area (Å²) in [7, 11) is -0.417. The fraction of sp³-hybridized carbons (Fsp3) is 0.478. The van der Waals surface area contributed by atoms with Crippen LogP contribution in [-0.2, 0) is 41.2 Å². The molecule has 4 aliphatic rings. The molecule has 0 bridgehead atoms. The number of benzene rings is 6. The molecule has 12 rings (SSSR count). The van der Waals surface area contributed by atoms with E-state index in [-0.39, 0.29) is 62.2 Å². The van der Waals surface area contributed by atoms with E-state index in [2.05, 4.69) is 125 Å². The van der Waals surface area contributed by atoms with Gasteiger partial charge in [-0.25, -0.2) is 18.0 Å². The number of carboxylic acids is 1. The summed E-state index contributed by atoms with van der Waals surface area (Å²) in [5.74, 6) is 0.994. The number of nitrogens with zero attached hydrogens (tertiary/aromatic N) is 5. The van der Waals surface area contributed by atoms with Crippen molar-refractivity contribution < 1.29 is 51.3 Å². The molecule has 604 valence electrons. The van der Waals surface area contributed by atoms with E-state index in [1.54, 1.807) is 53.2 Å². The number of halogens is 4. The zero-order chi connectivity index (χ0) is 80.5. The Morgan fingerprint density at radius 3 is 1.17 bits per heavy atom. The van der Waals surface area contributed by atoms with Crippen molar-refractivity contribution in [3.05, 3.63) is 260 Å². The predicted molar refractivity (Wildman–Crippen MR) is 448 cm³/mol. The molecule has 9 atom stereocenters. The van der Waals surface area contributed by atoms with Crippen molar-refractivity contribution in [2.45, 2.75) is 227 Å². The summed E-state index contributed by atoms with van der Waals surface area (Å²) in [6.07, 6.45) is 16.5. The first kappa shape index (κ1) is 89.1. The van der Waals surface area contributed by atoms with Gasteiger partial charge < -0.3 is 28.9 Å². The minimum Gasteiger partial charge on any atom is -0.478 e. The van der Waals surface area contributed by atoms with Gasteiger partial charge >= 0.3 is 5.97 Å². The van der Waals surface area contributed by atoms with E-state index in [4.69, 9.17) is 14.0 Å². The van der Waals surface area contributed by atoms with Crippen LogP contribution in [0.4, 0.5) is 17.9 Å². The summed E-state index contributed by atoms with van der Waals surface area (Å²) in [6, 6.07) is 47.0. The summed E-state index contributed by atoms with van der Waals surface area (Å²) in [5, 5.41) is 34.2. The molecule has 1 aliphatic heterocycles. The third-order valence-corrected chi connectivity index (χ3v) is 32.7. The van der Waals surface area contributed by atoms with Crippen molar-refractivity contribution in [1.82, 2.24) is 30.2 Å². The maximum atomic E-state index is 13.7. The highest BCUT2D eigenvalue weighted by Gasteiger charge is 2.45. The number of carbonyl (C=O) groups excluding carboxylic acids is 2. The largest absolute Gasteiger partial charge is 0.478 e. The van der Waals surface area contributed by atoms with Crippen LogP contribution in [0.15, 0.2) is 174 Å². The standard InChI is InChI=1S/C32H44FN3O2Si.C26H30FN3O2.C26H35FO3Si.C8H13N.FH/c1-22-18-29(35-34-22)21-36(5)31(37)26-11-8-23(9-12-26)19-24-10-13-27(20-24)30(25-14-16-28(33)17-15-25)38-39(6,7)32(2,3)4;1-17-13-24(29-28-17)16-30(2)26(32)21-6-3-18(4-7-21)14-19-5-8-22(15-19)25(31)20-9-11-23(27)12-10-20;1-26(2,3)31(4,5)30-24(20-12-14-23(27)15-13-20)22-11-8-19(17-22)16-18-6-9-21(10-7-18)25(28)29;1-3-4-8-5-7(2)6-9-8;/h8-9,11-12,14-18,24,27,30H,10,13,19-21H2,1-7H3,(H,34,35);3-4,6-7,9-13,19,22,25,31H,5,8,14-16H2,1-2H3,(H,28,29);6-7,9-10,12-15,19,22,24H,8,11,16-17H2,1-5H3,(H,28,29);5H,3-4,6H2,1-2H3;1H/t24?,27-,30+;19?,22-,25+;19?,22-,24+;;/m000../s1. The Balaban J connectivity index is 0.000000199. The van der Waals surface area contributed by atoms with E-state index in [1.165, 1.54) is 58.7 Å². The number of aliphatic imine (C=N–C) groups is 1. The summed E-state index contributed by atoms with van der Waals surface area (Å²) in [4.78, 5) is 44.4. The van der Waals surface area contributed by atoms with Gasteiger partial charge in [0.15, 0.2) is 16.6 Å². The van der Waals surface area contributed by atoms with Crippen LogP contribution in [0.2, 0.25) is 36.3 Å². The number of aliphatic hydroxyl groups is 1. The number of aromatic nitrogens is 4. The topological polar surface area (TPSA) is 186 Å². The fourth-order valence-corrected chi connectivity index (χ4v) is 18.0. The predicted octanol–water partition coefficient (Wildman–Crippen LogP) is 22.3. The van der Waals surface area contributed by atoms with Crippen LogP contribution in [0.3, 0.4) is 0 Å². The number of aliphatic hydroxyl groups excluding tert-OH is 1. The summed E-state index contributed by atoms with van der Waals surface area (Å²) in [5.41, 5.74) is 14.6. The Morgan fingerprint density at radius 2 is 0.857 bits per heavy atom. The highest BCUT2D eigenvalue weighted by molar-refractivity contribution is 6.74. The number of rotatable bonds is 25. The molecule has 20 heteroatoms. The molecule has 3 unspecified atom stereocenters. The number of hydrogen-bond donors (Lipinski definition) is 4. The smallest absolute Gasteiger partial charge is 0.335 e. The lowest BCUT2D eigenvalue weighted by atomic mass is 9.91. The third-order valence-electron chi connectivity index (χ3n) is 23.7. The molecule has 112 heavy (non-hydrogen) atoms. The maximum Gasteiger partial charge on any atom is 0.335 e. The number of allylic oxidation sites excluding steroid dienone is 1. The van der Waals surface area contributed by atoms with Gasteiger partial charge in [-0.2, -0.15) is 10.2 Å². The molecular weight excluding hydrogens is 1450 g/mol. The fourth-order valence-electron chi connectivity index (χ4n) is 15.4. The summed E-state index contributed by atoms with van der Waals surface area (Å²) < 4.78 is 54.3. The van der Waals surface area contributed by atoms with Crippen molar-refractivity contribution in [2.75, 3.05) is 20.6 Å². The lowest BCUT2D eigenvalue weighted by molar-refractivity contribution is 0.0695. The maximum absolute atomic E-state index is 13.7. The van der Waals surface area contributed by atoms with Crippen LogP contribution in [0.25, 0.3) is 0 Å². The van der Waals surface area contributed by atoms with Crippen LogP contribution < -0.4 is 0 Å². The molecule has 6 aromatic carbocycles. The molecule has 2 aromatic heterocycles. The highest BCUT2D eigenvalue weighted by atomic mass is 28.4. The van der Waals surface area contributed by atoms with E-state index in [0.29, 0.717) is 59.4 Å². The van der Waals surface area contributed by atoms with Gasteiger partial charge in [-0.3, -0.25) is 29.5 Å². The van der Waals surface area contributed by atoms with Crippen molar-refractivity contribution in [1.29, 1.82) is 0 Å². The van der Waals surface area contributed by atoms with Gasteiger partial charge in [-0.1, -0.05) is 133 Å². The SMILES string of the molecule is CC(C)(C)[Si](C)(C)O[C@H](c1ccc(F)cc1)[C@H]1CCC(Cc2ccc(C(=O)O)cc2)C1.CCCC1=NCC(C)=C1.Cc1cc(CN(C)C(=O)c2ccc(CC3CC[C@H]([C@H](O)c4ccc(F)cc4)C3)cc2)n[nH]1.Cc1cc(CN(C)C(=O)c2ccc(CC3CC[C@H]([C@H](O[Si](C)(C)C(C)(C)C)c4ccc(F)cc4)C3)cc2)n[nH]1.F. The summed E-state index contributed by atoms with van der Waals surface area (Å²) in [6.45, 7) is 32.8. The molecule has 0 radical (unpaired) electrons. The van der Waals surface area contributed by atoms with E-state index in [0.717, 1.165) is 129 Å². The Bertz CT molecular complexity index is 4360. The Kier molecular flexibility index (Phi) is 31.9. The first-order chi connectivity index (χ1) is 52.5. The minimum absolute atomic E-state index is 0. The molecule has 4 N–H and O–H groups in total. The second-order valence-electron chi connectivity index (χ2n) is 35.0. The second kappa shape index (κ2) is 40.1. The lowest BCUT2D eigenvalue weighted by Gasteiger charge is -2.41. The molecule has 2 amide bonds. The Hall–Kier alpha value is -8.41. The van der Waals surface area contributed by atoms with Gasteiger partial charge in [0, 0.05) is 42.3 Å². The quantitative estimate of drug-likeness (QED) is 0.0319. The van der Waals surface area contributed by atoms with Gasteiger partial charge in [-0.05, 0) is 300 Å². The molecule has 3 saturated carbocycles. The van der Waals surface area contributed by atoms with Crippen molar-refractivity contribution in [3.8, 4) is 0 Å². The van der Waals surface area contributed by atoms with Gasteiger partial charge in [0.2, 0.25) is 0 Å². The van der Waals surface area contributed by atoms with E-state index >= 15 is 0 Å². The first-order valence-corrected chi connectivity index (χ1v) is 45.8. The molecule has 14 nitrogen and oxygen atoms in total. The van der Waals surface area contributed by atoms with Crippen LogP contribution >= 0.6 is 0 Å². The number of amides is 2. The molecule has 8 aromatic rings. The van der Waals surface area contributed by atoms with Gasteiger partial charge in [0.1, 0.15) is 17.5 Å². The molecule has 3 fully saturated rings. The van der Waals surface area contributed by atoms with Gasteiger partial charge in [0.25, 0.3) is 11.8 Å². The van der Waals surface area contributed by atoms with Gasteiger partial charge in [-0.15, -0.1) is 0 Å². The number of aromatic amines is 2. The average molecular weight is 1570 g/mol. The van der Waals surface area contributed by atoms with Gasteiger partial charge in [0.05, 0.1) is 54.9 Å². The Labute approximate surface area is 665 Å². The number of H-pyrrole nitrogens is 2. The summed E-state index contributed by atoms with van der Waals surface area (Å²) >= 11 is 0. The zero-order valence-electron chi connectivity index (χ0n) is 69.0. The van der Waals surface area contributed by atoms with Crippen molar-refractivity contribution >= 4 is 40.1 Å². The average Bonchev–Trinajstić information content (AvgIpc) is 1.32. The number of carbonyl (C=O) groups is 3. The monoisotopic (exact) mass is 1570 g/mol. The van der Waals surface area contributed by atoms with Crippen LogP contribution in [0.5, 0.6) is 0 Å². The number of carboxylic acid groups (broad SMARTS) is 1. The normalized spacial score (nSPS) is 19.1. The van der Waals surface area contributed by atoms with Crippen molar-refractivity contribution in [3.63, 3.8) is 0 Å². The molecule has 3 aliphatic carbocycles. The zero-order valence-corrected chi connectivity index (χ0v) is 71.0. The van der Waals surface area contributed by atoms with Crippen LogP contribution in [0, 0.1) is 66.8 Å². The minimum atomic E-state index is -2.01. The Morgan fingerprint density at radius 1 is 0.518 bits per heavy atom. The molecule has 0 spiro atoms. The number of nitrogens with one attached hydrogen (secondary N) is 2. The van der Waals surface area contributed by atoms with Crippen LogP contribution in [-0.4, -0.2) is 101 Å². The van der Waals surface area contributed by atoms with Crippen LogP contribution in [0.1, 0.15) is 232 Å². The molecule has 0 saturated heterocycles. The van der Waals surface area contributed by atoms with Crippen molar-refractivity contribution in [2.24, 2.45) is 40.5 Å². The number of aryl methyl sites for hydroxylation is 2. The highest BCUT2D eigenvalue weighted by Crippen LogP contribution is 2.50. The first-order valence-electron chi connectivity index (χ1n) is 40.0. The third kappa shape index (κ3) is 25.5.